The first kappa shape index (κ1) is 19.7. The summed E-state index contributed by atoms with van der Waals surface area (Å²) in [7, 11) is 0. The molecule has 0 spiro atoms. The van der Waals surface area contributed by atoms with Crippen molar-refractivity contribution in [1.29, 1.82) is 0 Å². The Kier molecular flexibility index (Phi) is 4.26. The van der Waals surface area contributed by atoms with E-state index in [1.54, 1.807) is 0 Å². The van der Waals surface area contributed by atoms with Gasteiger partial charge in [0.05, 0.1) is 33.7 Å². The average Bonchev–Trinajstić information content (AvgIpc) is 3.19. The summed E-state index contributed by atoms with van der Waals surface area (Å²) in [6, 6.07) is 7.77. The molecular formula is C20H10F6N2O2. The number of halogens is 6. The van der Waals surface area contributed by atoms with Crippen molar-refractivity contribution in [2.24, 2.45) is 0 Å². The van der Waals surface area contributed by atoms with Crippen molar-refractivity contribution >= 4 is 23.2 Å². The van der Waals surface area contributed by atoms with Crippen LogP contribution in [-0.2, 0) is 21.9 Å². The average molecular weight is 424 g/mol. The molecule has 4 nitrogen and oxygen atoms in total. The highest BCUT2D eigenvalue weighted by Gasteiger charge is 2.41. The van der Waals surface area contributed by atoms with Gasteiger partial charge in [0, 0.05) is 0 Å². The molecule has 2 aromatic carbocycles. The zero-order valence-corrected chi connectivity index (χ0v) is 14.7. The van der Waals surface area contributed by atoms with Crippen molar-refractivity contribution in [3.05, 3.63) is 81.9 Å². The number of alkyl halides is 6. The number of hydrogen-bond donors (Lipinski definition) is 2. The minimum Gasteiger partial charge on any atom is -0.321 e. The normalized spacial score (nSPS) is 16.7. The summed E-state index contributed by atoms with van der Waals surface area (Å²) in [5.74, 6) is -1.37. The predicted octanol–water partition coefficient (Wildman–Crippen LogP) is 4.11. The molecule has 0 fully saturated rings. The van der Waals surface area contributed by atoms with Crippen molar-refractivity contribution in [1.82, 2.24) is 10.6 Å². The molecule has 0 radical (unpaired) electrons. The van der Waals surface area contributed by atoms with Gasteiger partial charge < -0.3 is 10.6 Å². The molecule has 10 heteroatoms. The Morgan fingerprint density at radius 2 is 0.833 bits per heavy atom. The van der Waals surface area contributed by atoms with Crippen molar-refractivity contribution in [2.75, 3.05) is 0 Å². The summed E-state index contributed by atoms with van der Waals surface area (Å²) < 4.78 is 76.5. The van der Waals surface area contributed by atoms with Crippen LogP contribution < -0.4 is 10.6 Å². The number of carbonyl (C=O) groups excluding carboxylic acids is 2. The molecule has 4 rings (SSSR count). The lowest BCUT2D eigenvalue weighted by Crippen LogP contribution is -2.21. The third-order valence-corrected chi connectivity index (χ3v) is 4.68. The number of benzene rings is 2. The van der Waals surface area contributed by atoms with E-state index in [4.69, 9.17) is 0 Å². The molecule has 2 aliphatic heterocycles. The molecule has 0 saturated heterocycles. The fraction of sp³-hybridized carbons (Fsp3) is 0.100. The van der Waals surface area contributed by atoms with E-state index in [2.05, 4.69) is 10.6 Å². The number of rotatable bonds is 2. The van der Waals surface area contributed by atoms with Gasteiger partial charge in [0.25, 0.3) is 11.8 Å². The Morgan fingerprint density at radius 1 is 0.533 bits per heavy atom. The van der Waals surface area contributed by atoms with E-state index in [-0.39, 0.29) is 33.7 Å². The van der Waals surface area contributed by atoms with Crippen molar-refractivity contribution in [3.8, 4) is 0 Å². The Morgan fingerprint density at radius 3 is 1.10 bits per heavy atom. The van der Waals surface area contributed by atoms with E-state index in [0.717, 1.165) is 48.5 Å². The lowest BCUT2D eigenvalue weighted by molar-refractivity contribution is -0.138. The molecule has 0 aliphatic carbocycles. The number of amides is 2. The third kappa shape index (κ3) is 3.23. The molecule has 2 aliphatic rings. The first-order chi connectivity index (χ1) is 14.0. The van der Waals surface area contributed by atoms with Gasteiger partial charge in [0.1, 0.15) is 0 Å². The van der Waals surface area contributed by atoms with Crippen LogP contribution in [0.1, 0.15) is 22.3 Å². The Balaban J connectivity index is 1.77. The van der Waals surface area contributed by atoms with Gasteiger partial charge in [-0.25, -0.2) is 0 Å². The highest BCUT2D eigenvalue weighted by atomic mass is 19.4. The van der Waals surface area contributed by atoms with Crippen LogP contribution in [0.4, 0.5) is 26.3 Å². The maximum absolute atomic E-state index is 12.8. The van der Waals surface area contributed by atoms with Gasteiger partial charge in [-0.3, -0.25) is 9.59 Å². The first-order valence-corrected chi connectivity index (χ1v) is 8.43. The van der Waals surface area contributed by atoms with E-state index in [0.29, 0.717) is 0 Å². The summed E-state index contributed by atoms with van der Waals surface area (Å²) in [6.07, 6.45) is -9.08. The summed E-state index contributed by atoms with van der Waals surface area (Å²) in [4.78, 5) is 24.9. The molecule has 154 valence electrons. The topological polar surface area (TPSA) is 58.2 Å². The van der Waals surface area contributed by atoms with Gasteiger partial charge in [-0.2, -0.15) is 26.3 Å². The summed E-state index contributed by atoms with van der Waals surface area (Å²) >= 11 is 0. The lowest BCUT2D eigenvalue weighted by Gasteiger charge is -2.10. The minimum absolute atomic E-state index is 0.0307. The molecular weight excluding hydrogens is 414 g/mol. The Hall–Kier alpha value is -3.56. The highest BCUT2D eigenvalue weighted by Crippen LogP contribution is 2.39. The molecule has 2 heterocycles. The predicted molar refractivity (Wildman–Crippen MR) is 93.0 cm³/mol. The Bertz CT molecular complexity index is 1030. The van der Waals surface area contributed by atoms with Gasteiger partial charge in [0.15, 0.2) is 0 Å². The van der Waals surface area contributed by atoms with Crippen LogP contribution in [0.3, 0.4) is 0 Å². The molecule has 2 N–H and O–H groups in total. The molecule has 0 aromatic heterocycles. The largest absolute Gasteiger partial charge is 0.416 e. The van der Waals surface area contributed by atoms with E-state index in [1.807, 2.05) is 0 Å². The van der Waals surface area contributed by atoms with Crippen LogP contribution in [0.2, 0.25) is 0 Å². The molecule has 0 unspecified atom stereocenters. The monoisotopic (exact) mass is 424 g/mol. The van der Waals surface area contributed by atoms with Crippen molar-refractivity contribution in [3.63, 3.8) is 0 Å². The molecule has 30 heavy (non-hydrogen) atoms. The molecule has 2 aromatic rings. The van der Waals surface area contributed by atoms with Crippen LogP contribution in [0, 0.1) is 0 Å². The van der Waals surface area contributed by atoms with Gasteiger partial charge in [-0.15, -0.1) is 0 Å². The lowest BCUT2D eigenvalue weighted by atomic mass is 10.0. The van der Waals surface area contributed by atoms with E-state index < -0.39 is 35.3 Å². The molecule has 2 amide bonds. The summed E-state index contributed by atoms with van der Waals surface area (Å²) in [6.45, 7) is 0. The summed E-state index contributed by atoms with van der Waals surface area (Å²) in [5, 5.41) is 4.91. The standard InChI is InChI=1S/C20H10F6N2O2/c21-19(22,23)11-5-1-9(2-6-11)15-13-14(18(30)27-15)16(28-17(13)29)10-3-7-12(8-4-10)20(24,25)26/h1-8H,(H,27,30)(H,28,29). The molecule has 0 saturated carbocycles. The van der Waals surface area contributed by atoms with Gasteiger partial charge in [-0.1, -0.05) is 24.3 Å². The second kappa shape index (κ2) is 6.48. The highest BCUT2D eigenvalue weighted by molar-refractivity contribution is 6.30. The van der Waals surface area contributed by atoms with Crippen LogP contribution in [0.25, 0.3) is 11.4 Å². The first-order valence-electron chi connectivity index (χ1n) is 8.43. The smallest absolute Gasteiger partial charge is 0.321 e. The number of fused-ring (bicyclic) bond motifs is 1. The minimum atomic E-state index is -4.54. The van der Waals surface area contributed by atoms with Crippen LogP contribution >= 0.6 is 0 Å². The number of hydrogen-bond acceptors (Lipinski definition) is 2. The van der Waals surface area contributed by atoms with E-state index in [9.17, 15) is 35.9 Å². The van der Waals surface area contributed by atoms with Gasteiger partial charge >= 0.3 is 12.4 Å². The van der Waals surface area contributed by atoms with Crippen molar-refractivity contribution in [2.45, 2.75) is 12.4 Å². The fourth-order valence-corrected chi connectivity index (χ4v) is 3.27. The second-order valence-corrected chi connectivity index (χ2v) is 6.56. The van der Waals surface area contributed by atoms with Crippen molar-refractivity contribution < 1.29 is 35.9 Å². The van der Waals surface area contributed by atoms with Gasteiger partial charge in [-0.05, 0) is 35.4 Å². The maximum atomic E-state index is 12.8. The fourth-order valence-electron chi connectivity index (χ4n) is 3.27. The number of carbonyl (C=O) groups is 2. The zero-order chi connectivity index (χ0) is 21.8. The van der Waals surface area contributed by atoms with E-state index in [1.165, 1.54) is 0 Å². The molecule has 0 atom stereocenters. The van der Waals surface area contributed by atoms with Crippen LogP contribution in [0.15, 0.2) is 59.7 Å². The maximum Gasteiger partial charge on any atom is 0.416 e. The van der Waals surface area contributed by atoms with Crippen LogP contribution in [0.5, 0.6) is 0 Å². The Labute approximate surface area is 164 Å². The quantitative estimate of drug-likeness (QED) is 0.714. The summed E-state index contributed by atoms with van der Waals surface area (Å²) in [5.41, 5.74) is -1.50. The van der Waals surface area contributed by atoms with Crippen LogP contribution in [-0.4, -0.2) is 11.8 Å². The van der Waals surface area contributed by atoms with Gasteiger partial charge in [0.2, 0.25) is 0 Å². The second-order valence-electron chi connectivity index (χ2n) is 6.56. The number of nitrogens with one attached hydrogen (secondary N) is 2. The molecule has 0 bridgehead atoms. The zero-order valence-electron chi connectivity index (χ0n) is 14.7. The SMILES string of the molecule is O=C1NC(c2ccc(C(F)(F)F)cc2)=C2C(=O)NC(c3ccc(C(F)(F)F)cc3)=C12. The van der Waals surface area contributed by atoms with E-state index >= 15 is 0 Å². The third-order valence-electron chi connectivity index (χ3n) is 4.68.